The molecule has 0 unspecified atom stereocenters. The molecule has 2 aromatic carbocycles. The van der Waals surface area contributed by atoms with Crippen molar-refractivity contribution < 1.29 is 9.90 Å². The van der Waals surface area contributed by atoms with Gasteiger partial charge < -0.3 is 15.7 Å². The molecule has 1 atom stereocenters. The number of hydrogen-bond donors (Lipinski definition) is 3. The predicted molar refractivity (Wildman–Crippen MR) is 88.5 cm³/mol. The van der Waals surface area contributed by atoms with Gasteiger partial charge in [0.15, 0.2) is 0 Å². The Kier molecular flexibility index (Phi) is 6.13. The molecule has 0 saturated carbocycles. The van der Waals surface area contributed by atoms with Crippen LogP contribution in [0.4, 0.5) is 5.69 Å². The van der Waals surface area contributed by atoms with Crippen molar-refractivity contribution in [3.63, 3.8) is 0 Å². The van der Waals surface area contributed by atoms with Crippen LogP contribution in [0.3, 0.4) is 0 Å². The predicted octanol–water partition coefficient (Wildman–Crippen LogP) is 2.86. The molecule has 2 rings (SSSR count). The summed E-state index contributed by atoms with van der Waals surface area (Å²) in [7, 11) is 0. The summed E-state index contributed by atoms with van der Waals surface area (Å²) in [6.45, 7) is 2.35. The summed E-state index contributed by atoms with van der Waals surface area (Å²) in [4.78, 5) is 11.0. The second-order valence-corrected chi connectivity index (χ2v) is 5.23. The Morgan fingerprint density at radius 1 is 1.09 bits per heavy atom. The summed E-state index contributed by atoms with van der Waals surface area (Å²) in [5, 5.41) is 15.5. The van der Waals surface area contributed by atoms with E-state index in [1.54, 1.807) is 0 Å². The van der Waals surface area contributed by atoms with E-state index < -0.39 is 0 Å². The van der Waals surface area contributed by atoms with E-state index in [-0.39, 0.29) is 18.6 Å². The molecule has 0 aliphatic carbocycles. The molecule has 2 aromatic rings. The largest absolute Gasteiger partial charge is 0.396 e. The fraction of sp³-hybridized carbons (Fsp3) is 0.278. The molecule has 0 aromatic heterocycles. The number of nitrogens with one attached hydrogen (secondary N) is 2. The van der Waals surface area contributed by atoms with Gasteiger partial charge in [-0.2, -0.15) is 0 Å². The average Bonchev–Trinajstić information content (AvgIpc) is 2.53. The number of rotatable bonds is 7. The second-order valence-electron chi connectivity index (χ2n) is 5.23. The van der Waals surface area contributed by atoms with Gasteiger partial charge in [-0.15, -0.1) is 0 Å². The SMILES string of the molecule is CC(=O)Nc1ccc(CN[C@H](CCO)c2ccccc2)cc1. The molecule has 0 heterocycles. The van der Waals surface area contributed by atoms with Gasteiger partial charge in [-0.1, -0.05) is 42.5 Å². The van der Waals surface area contributed by atoms with Crippen molar-refractivity contribution >= 4 is 11.6 Å². The number of hydrogen-bond acceptors (Lipinski definition) is 3. The van der Waals surface area contributed by atoms with E-state index in [9.17, 15) is 9.90 Å². The lowest BCUT2D eigenvalue weighted by Crippen LogP contribution is -2.22. The zero-order valence-electron chi connectivity index (χ0n) is 12.8. The normalized spacial score (nSPS) is 11.9. The number of aliphatic hydroxyl groups excluding tert-OH is 1. The van der Waals surface area contributed by atoms with Crippen molar-refractivity contribution in [2.24, 2.45) is 0 Å². The molecule has 4 nitrogen and oxygen atoms in total. The number of aliphatic hydroxyl groups is 1. The summed E-state index contributed by atoms with van der Waals surface area (Å²) in [6, 6.07) is 18.0. The molecule has 0 saturated heterocycles. The van der Waals surface area contributed by atoms with Crippen LogP contribution in [0.5, 0.6) is 0 Å². The van der Waals surface area contributed by atoms with Crippen LogP contribution in [0.2, 0.25) is 0 Å². The molecule has 0 spiro atoms. The monoisotopic (exact) mass is 298 g/mol. The third-order valence-electron chi connectivity index (χ3n) is 3.45. The third-order valence-corrected chi connectivity index (χ3v) is 3.45. The van der Waals surface area contributed by atoms with Crippen LogP contribution in [-0.2, 0) is 11.3 Å². The minimum atomic E-state index is -0.0713. The Hall–Kier alpha value is -2.17. The van der Waals surface area contributed by atoms with Crippen molar-refractivity contribution in [2.75, 3.05) is 11.9 Å². The van der Waals surface area contributed by atoms with E-state index in [0.717, 1.165) is 11.3 Å². The maximum absolute atomic E-state index is 11.0. The molecular formula is C18H22N2O2. The zero-order chi connectivity index (χ0) is 15.8. The van der Waals surface area contributed by atoms with E-state index in [4.69, 9.17) is 0 Å². The van der Waals surface area contributed by atoms with Crippen LogP contribution < -0.4 is 10.6 Å². The Morgan fingerprint density at radius 2 is 1.77 bits per heavy atom. The van der Waals surface area contributed by atoms with Crippen molar-refractivity contribution in [2.45, 2.75) is 25.9 Å². The minimum absolute atomic E-state index is 0.0713. The highest BCUT2D eigenvalue weighted by atomic mass is 16.3. The smallest absolute Gasteiger partial charge is 0.221 e. The number of amides is 1. The quantitative estimate of drug-likeness (QED) is 0.736. The van der Waals surface area contributed by atoms with E-state index in [2.05, 4.69) is 22.8 Å². The lowest BCUT2D eigenvalue weighted by Gasteiger charge is -2.18. The van der Waals surface area contributed by atoms with Gasteiger partial charge in [-0.05, 0) is 29.7 Å². The van der Waals surface area contributed by atoms with Gasteiger partial charge in [0.1, 0.15) is 0 Å². The molecule has 1 amide bonds. The standard InChI is InChI=1S/C18H22N2O2/c1-14(22)20-17-9-7-15(8-10-17)13-19-18(11-12-21)16-5-3-2-4-6-16/h2-10,18-19,21H,11-13H2,1H3,(H,20,22)/t18-/m1/s1. The molecule has 22 heavy (non-hydrogen) atoms. The van der Waals surface area contributed by atoms with Gasteiger partial charge in [0.05, 0.1) is 0 Å². The highest BCUT2D eigenvalue weighted by molar-refractivity contribution is 5.88. The van der Waals surface area contributed by atoms with Crippen LogP contribution >= 0.6 is 0 Å². The summed E-state index contributed by atoms with van der Waals surface area (Å²) in [5.41, 5.74) is 3.10. The fourth-order valence-electron chi connectivity index (χ4n) is 2.35. The van der Waals surface area contributed by atoms with E-state index in [1.165, 1.54) is 12.5 Å². The van der Waals surface area contributed by atoms with Gasteiger partial charge in [-0.3, -0.25) is 4.79 Å². The zero-order valence-corrected chi connectivity index (χ0v) is 12.8. The van der Waals surface area contributed by atoms with Crippen LogP contribution in [0, 0.1) is 0 Å². The van der Waals surface area contributed by atoms with Gasteiger partial charge in [-0.25, -0.2) is 0 Å². The van der Waals surface area contributed by atoms with Gasteiger partial charge >= 0.3 is 0 Å². The van der Waals surface area contributed by atoms with Gasteiger partial charge in [0.25, 0.3) is 0 Å². The number of carbonyl (C=O) groups excluding carboxylic acids is 1. The summed E-state index contributed by atoms with van der Waals surface area (Å²) < 4.78 is 0. The van der Waals surface area contributed by atoms with E-state index >= 15 is 0 Å². The Bertz CT molecular complexity index is 582. The van der Waals surface area contributed by atoms with Crippen LogP contribution in [0.25, 0.3) is 0 Å². The molecule has 0 fully saturated rings. The Morgan fingerprint density at radius 3 is 2.36 bits per heavy atom. The van der Waals surface area contributed by atoms with Crippen LogP contribution in [-0.4, -0.2) is 17.6 Å². The minimum Gasteiger partial charge on any atom is -0.396 e. The average molecular weight is 298 g/mol. The Balaban J connectivity index is 1.96. The highest BCUT2D eigenvalue weighted by Gasteiger charge is 2.09. The number of benzene rings is 2. The van der Waals surface area contributed by atoms with Crippen molar-refractivity contribution in [3.8, 4) is 0 Å². The van der Waals surface area contributed by atoms with E-state index in [0.29, 0.717) is 13.0 Å². The topological polar surface area (TPSA) is 61.4 Å². The van der Waals surface area contributed by atoms with Gasteiger partial charge in [0.2, 0.25) is 5.91 Å². The first-order valence-corrected chi connectivity index (χ1v) is 7.45. The van der Waals surface area contributed by atoms with Crippen molar-refractivity contribution in [3.05, 3.63) is 65.7 Å². The van der Waals surface area contributed by atoms with Crippen molar-refractivity contribution in [1.82, 2.24) is 5.32 Å². The molecule has 116 valence electrons. The Labute approximate surface area is 131 Å². The molecule has 0 bridgehead atoms. The molecule has 0 radical (unpaired) electrons. The lowest BCUT2D eigenvalue weighted by molar-refractivity contribution is -0.114. The van der Waals surface area contributed by atoms with E-state index in [1.807, 2.05) is 42.5 Å². The molecule has 3 N–H and O–H groups in total. The summed E-state index contributed by atoms with van der Waals surface area (Å²) in [6.07, 6.45) is 0.675. The summed E-state index contributed by atoms with van der Waals surface area (Å²) >= 11 is 0. The second kappa shape index (κ2) is 8.32. The third kappa shape index (κ3) is 4.98. The maximum Gasteiger partial charge on any atom is 0.221 e. The summed E-state index contributed by atoms with van der Waals surface area (Å²) in [5.74, 6) is -0.0713. The van der Waals surface area contributed by atoms with Gasteiger partial charge in [0, 0.05) is 31.8 Å². The number of anilines is 1. The van der Waals surface area contributed by atoms with Crippen molar-refractivity contribution in [1.29, 1.82) is 0 Å². The van der Waals surface area contributed by atoms with Crippen LogP contribution in [0.1, 0.15) is 30.5 Å². The lowest BCUT2D eigenvalue weighted by atomic mass is 10.0. The molecule has 0 aliphatic heterocycles. The molecular weight excluding hydrogens is 276 g/mol. The first kappa shape index (κ1) is 16.2. The van der Waals surface area contributed by atoms with Crippen LogP contribution in [0.15, 0.2) is 54.6 Å². The highest BCUT2D eigenvalue weighted by Crippen LogP contribution is 2.17. The molecule has 0 aliphatic rings. The first-order valence-electron chi connectivity index (χ1n) is 7.45. The first-order chi connectivity index (χ1) is 10.7. The molecule has 4 heteroatoms. The maximum atomic E-state index is 11.0. The fourth-order valence-corrected chi connectivity index (χ4v) is 2.35. The number of carbonyl (C=O) groups is 1.